The molecular weight excluding hydrogens is 335 g/mol. The zero-order valence-electron chi connectivity index (χ0n) is 15.5. The molecule has 1 amide bonds. The van der Waals surface area contributed by atoms with Gasteiger partial charge in [0.15, 0.2) is 18.0 Å². The Kier molecular flexibility index (Phi) is 7.41. The first-order valence-corrected chi connectivity index (χ1v) is 8.55. The van der Waals surface area contributed by atoms with E-state index in [0.29, 0.717) is 24.6 Å². The predicted molar refractivity (Wildman–Crippen MR) is 98.1 cm³/mol. The molecular formula is C20H26FN2O3+. The highest BCUT2D eigenvalue weighted by Gasteiger charge is 2.11. The summed E-state index contributed by atoms with van der Waals surface area (Å²) in [6, 6.07) is 12.0. The third-order valence-corrected chi connectivity index (χ3v) is 4.15. The lowest BCUT2D eigenvalue weighted by molar-refractivity contribution is -0.871. The van der Waals surface area contributed by atoms with Crippen LogP contribution in [0.1, 0.15) is 11.1 Å². The Morgan fingerprint density at radius 1 is 1.04 bits per heavy atom. The fraction of sp³-hybridized carbons (Fsp3) is 0.350. The van der Waals surface area contributed by atoms with Gasteiger partial charge in [0, 0.05) is 13.0 Å². The second-order valence-corrected chi connectivity index (χ2v) is 6.23. The summed E-state index contributed by atoms with van der Waals surface area (Å²) in [7, 11) is 5.21. The second-order valence-electron chi connectivity index (χ2n) is 6.23. The van der Waals surface area contributed by atoms with Crippen LogP contribution in [-0.4, -0.2) is 40.3 Å². The highest BCUT2D eigenvalue weighted by molar-refractivity contribution is 5.76. The summed E-state index contributed by atoms with van der Waals surface area (Å²) in [5.74, 6) is 1.11. The topological polar surface area (TPSA) is 52.0 Å². The van der Waals surface area contributed by atoms with Crippen molar-refractivity contribution >= 4 is 5.91 Å². The zero-order chi connectivity index (χ0) is 18.9. The first-order valence-electron chi connectivity index (χ1n) is 8.55. The van der Waals surface area contributed by atoms with Crippen LogP contribution in [0.15, 0.2) is 42.5 Å². The van der Waals surface area contributed by atoms with Crippen LogP contribution in [0, 0.1) is 5.82 Å². The molecule has 26 heavy (non-hydrogen) atoms. The predicted octanol–water partition coefficient (Wildman–Crippen LogP) is 1.22. The van der Waals surface area contributed by atoms with Crippen molar-refractivity contribution in [1.82, 2.24) is 5.32 Å². The second kappa shape index (κ2) is 9.77. The summed E-state index contributed by atoms with van der Waals surface area (Å²) in [6.07, 6.45) is 0.831. The standard InChI is InChI=1S/C20H25FN2O3/c1-23(11-10-15-6-9-18(25-2)19(12-15)26-3)14-20(24)22-13-16-4-7-17(21)8-5-16/h4-9,12H,10-11,13-14H2,1-3H3,(H,22,24)/p+1. The molecule has 0 aliphatic rings. The molecule has 0 spiro atoms. The van der Waals surface area contributed by atoms with Crippen LogP contribution < -0.4 is 19.7 Å². The van der Waals surface area contributed by atoms with E-state index in [4.69, 9.17) is 9.47 Å². The van der Waals surface area contributed by atoms with Crippen molar-refractivity contribution in [2.45, 2.75) is 13.0 Å². The maximum Gasteiger partial charge on any atom is 0.275 e. The fourth-order valence-corrected chi connectivity index (χ4v) is 2.62. The van der Waals surface area contributed by atoms with Gasteiger partial charge in [-0.25, -0.2) is 4.39 Å². The molecule has 0 saturated heterocycles. The molecule has 2 aromatic carbocycles. The molecule has 0 radical (unpaired) electrons. The molecule has 2 rings (SSSR count). The molecule has 0 saturated carbocycles. The molecule has 5 nitrogen and oxygen atoms in total. The van der Waals surface area contributed by atoms with E-state index in [0.717, 1.165) is 29.0 Å². The lowest BCUT2D eigenvalue weighted by Crippen LogP contribution is -3.10. The average Bonchev–Trinajstić information content (AvgIpc) is 2.65. The number of ether oxygens (including phenoxy) is 2. The van der Waals surface area contributed by atoms with Crippen LogP contribution in [0.25, 0.3) is 0 Å². The number of methoxy groups -OCH3 is 2. The monoisotopic (exact) mass is 361 g/mol. The number of halogens is 1. The minimum absolute atomic E-state index is 0.0286. The lowest BCUT2D eigenvalue weighted by atomic mass is 10.1. The molecule has 6 heteroatoms. The molecule has 2 aromatic rings. The van der Waals surface area contributed by atoms with Crippen molar-refractivity contribution in [2.75, 3.05) is 34.4 Å². The number of benzene rings is 2. The minimum Gasteiger partial charge on any atom is -0.493 e. The maximum absolute atomic E-state index is 12.9. The van der Waals surface area contributed by atoms with E-state index in [1.165, 1.54) is 12.1 Å². The molecule has 0 aliphatic heterocycles. The molecule has 140 valence electrons. The highest BCUT2D eigenvalue weighted by atomic mass is 19.1. The number of hydrogen-bond donors (Lipinski definition) is 2. The van der Waals surface area contributed by atoms with Gasteiger partial charge in [0.05, 0.1) is 27.8 Å². The smallest absolute Gasteiger partial charge is 0.275 e. The van der Waals surface area contributed by atoms with Gasteiger partial charge in [-0.15, -0.1) is 0 Å². The fourth-order valence-electron chi connectivity index (χ4n) is 2.62. The molecule has 0 heterocycles. The summed E-state index contributed by atoms with van der Waals surface area (Å²) in [5.41, 5.74) is 2.01. The van der Waals surface area contributed by atoms with E-state index in [-0.39, 0.29) is 11.7 Å². The third kappa shape index (κ3) is 6.04. The molecule has 0 aromatic heterocycles. The number of likely N-dealkylation sites (N-methyl/N-ethyl adjacent to an activating group) is 1. The van der Waals surface area contributed by atoms with E-state index >= 15 is 0 Å². The molecule has 2 N–H and O–H groups in total. The number of nitrogens with one attached hydrogen (secondary N) is 2. The molecule has 0 fully saturated rings. The Morgan fingerprint density at radius 2 is 1.69 bits per heavy atom. The molecule has 1 atom stereocenters. The quantitative estimate of drug-likeness (QED) is 0.706. The van der Waals surface area contributed by atoms with Crippen LogP contribution in [0.2, 0.25) is 0 Å². The zero-order valence-corrected chi connectivity index (χ0v) is 15.5. The average molecular weight is 361 g/mol. The van der Waals surface area contributed by atoms with Gasteiger partial charge in [-0.05, 0) is 35.4 Å². The number of carbonyl (C=O) groups excluding carboxylic acids is 1. The van der Waals surface area contributed by atoms with E-state index < -0.39 is 0 Å². The normalized spacial score (nSPS) is 11.7. The van der Waals surface area contributed by atoms with Crippen molar-refractivity contribution in [3.05, 3.63) is 59.4 Å². The Labute approximate surface area is 153 Å². The number of amides is 1. The van der Waals surface area contributed by atoms with Gasteiger partial charge in [-0.2, -0.15) is 0 Å². The van der Waals surface area contributed by atoms with Crippen LogP contribution in [0.5, 0.6) is 11.5 Å². The Hall–Kier alpha value is -2.60. The summed E-state index contributed by atoms with van der Waals surface area (Å²) in [4.78, 5) is 13.2. The Balaban J connectivity index is 1.76. The summed E-state index contributed by atoms with van der Waals surface area (Å²) in [5, 5.41) is 2.86. The van der Waals surface area contributed by atoms with Crippen molar-refractivity contribution < 1.29 is 23.6 Å². The number of rotatable bonds is 9. The van der Waals surface area contributed by atoms with Crippen LogP contribution in [0.3, 0.4) is 0 Å². The van der Waals surface area contributed by atoms with Gasteiger partial charge >= 0.3 is 0 Å². The number of hydrogen-bond acceptors (Lipinski definition) is 3. The Bertz CT molecular complexity index is 719. The van der Waals surface area contributed by atoms with Crippen molar-refractivity contribution in [3.63, 3.8) is 0 Å². The summed E-state index contributed by atoms with van der Waals surface area (Å²) >= 11 is 0. The lowest BCUT2D eigenvalue weighted by Gasteiger charge is -2.15. The maximum atomic E-state index is 12.9. The van der Waals surface area contributed by atoms with Gasteiger partial charge in [-0.3, -0.25) is 4.79 Å². The first-order chi connectivity index (χ1) is 12.5. The van der Waals surface area contributed by atoms with Crippen LogP contribution in [-0.2, 0) is 17.8 Å². The van der Waals surface area contributed by atoms with E-state index in [9.17, 15) is 9.18 Å². The molecule has 0 aliphatic carbocycles. The first kappa shape index (κ1) is 19.7. The van der Waals surface area contributed by atoms with Crippen LogP contribution >= 0.6 is 0 Å². The number of quaternary nitrogens is 1. The van der Waals surface area contributed by atoms with Gasteiger partial charge in [0.25, 0.3) is 5.91 Å². The SMILES string of the molecule is COc1ccc(CC[NH+](C)CC(=O)NCc2ccc(F)cc2)cc1OC. The van der Waals surface area contributed by atoms with Crippen molar-refractivity contribution in [2.24, 2.45) is 0 Å². The van der Waals surface area contributed by atoms with Gasteiger partial charge < -0.3 is 19.7 Å². The summed E-state index contributed by atoms with van der Waals surface area (Å²) < 4.78 is 23.4. The van der Waals surface area contributed by atoms with Crippen molar-refractivity contribution in [3.8, 4) is 11.5 Å². The van der Waals surface area contributed by atoms with E-state index in [1.54, 1.807) is 26.4 Å². The summed E-state index contributed by atoms with van der Waals surface area (Å²) in [6.45, 7) is 1.61. The molecule has 0 bridgehead atoms. The number of carbonyl (C=O) groups is 1. The van der Waals surface area contributed by atoms with Gasteiger partial charge in [0.1, 0.15) is 5.82 Å². The van der Waals surface area contributed by atoms with Gasteiger partial charge in [0.2, 0.25) is 0 Å². The van der Waals surface area contributed by atoms with Gasteiger partial charge in [-0.1, -0.05) is 18.2 Å². The van der Waals surface area contributed by atoms with E-state index in [2.05, 4.69) is 5.32 Å². The third-order valence-electron chi connectivity index (χ3n) is 4.15. The molecule has 1 unspecified atom stereocenters. The largest absolute Gasteiger partial charge is 0.493 e. The van der Waals surface area contributed by atoms with Crippen LogP contribution in [0.4, 0.5) is 4.39 Å². The minimum atomic E-state index is -0.278. The van der Waals surface area contributed by atoms with Crippen molar-refractivity contribution in [1.29, 1.82) is 0 Å². The Morgan fingerprint density at radius 3 is 2.35 bits per heavy atom. The highest BCUT2D eigenvalue weighted by Crippen LogP contribution is 2.27. The van der Waals surface area contributed by atoms with E-state index in [1.807, 2.05) is 25.2 Å².